The van der Waals surface area contributed by atoms with E-state index in [2.05, 4.69) is 4.74 Å². The molecule has 0 bridgehead atoms. The van der Waals surface area contributed by atoms with Gasteiger partial charge >= 0.3 is 5.97 Å². The zero-order chi connectivity index (χ0) is 10.9. The molecule has 0 amide bonds. The molecule has 80 valence electrons. The average molecular weight is 241 g/mol. The fourth-order valence-corrected chi connectivity index (χ4v) is 1.85. The maximum atomic E-state index is 10.9. The van der Waals surface area contributed by atoms with E-state index in [-0.39, 0.29) is 22.9 Å². The van der Waals surface area contributed by atoms with Crippen molar-refractivity contribution in [1.82, 2.24) is 0 Å². The van der Waals surface area contributed by atoms with Crippen LogP contribution in [0.1, 0.15) is 12.8 Å². The summed E-state index contributed by atoms with van der Waals surface area (Å²) in [5.41, 5.74) is -1.59. The maximum Gasteiger partial charge on any atom is 0.308 e. The van der Waals surface area contributed by atoms with E-state index in [1.165, 1.54) is 7.11 Å². The normalized spacial score (nSPS) is 32.2. The van der Waals surface area contributed by atoms with Gasteiger partial charge in [-0.3, -0.25) is 4.79 Å². The van der Waals surface area contributed by atoms with Crippen molar-refractivity contribution in [3.05, 3.63) is 10.1 Å². The molecule has 2 N–H and O–H groups in total. The lowest BCUT2D eigenvalue weighted by atomic mass is 9.99. The van der Waals surface area contributed by atoms with Crippen molar-refractivity contribution in [2.24, 2.45) is 0 Å². The number of hydrogen-bond donors (Lipinski definition) is 2. The van der Waals surface area contributed by atoms with Crippen molar-refractivity contribution in [3.8, 4) is 0 Å². The van der Waals surface area contributed by atoms with Crippen molar-refractivity contribution in [2.45, 2.75) is 24.5 Å². The van der Waals surface area contributed by atoms with Crippen LogP contribution in [-0.2, 0) is 9.53 Å². The number of halogens is 2. The first-order valence-corrected chi connectivity index (χ1v) is 4.69. The second-order valence-corrected chi connectivity index (χ2v) is 3.95. The molecule has 0 aromatic carbocycles. The summed E-state index contributed by atoms with van der Waals surface area (Å²) >= 11 is 11.3. The molecule has 14 heavy (non-hydrogen) atoms. The topological polar surface area (TPSA) is 66.8 Å². The monoisotopic (exact) mass is 240 g/mol. The van der Waals surface area contributed by atoms with E-state index in [0.717, 1.165) is 0 Å². The quantitative estimate of drug-likeness (QED) is 0.699. The van der Waals surface area contributed by atoms with Gasteiger partial charge in [0.1, 0.15) is 5.60 Å². The molecule has 0 saturated carbocycles. The van der Waals surface area contributed by atoms with Crippen LogP contribution in [0.4, 0.5) is 0 Å². The summed E-state index contributed by atoms with van der Waals surface area (Å²) < 4.78 is 4.39. The van der Waals surface area contributed by atoms with E-state index in [9.17, 15) is 15.0 Å². The predicted octanol–water partition coefficient (Wildman–Crippen LogP) is 0.734. The van der Waals surface area contributed by atoms with Gasteiger partial charge < -0.3 is 14.9 Å². The maximum absolute atomic E-state index is 10.9. The van der Waals surface area contributed by atoms with Crippen molar-refractivity contribution in [2.75, 3.05) is 7.11 Å². The number of rotatable bonds is 2. The Morgan fingerprint density at radius 2 is 2.29 bits per heavy atom. The average Bonchev–Trinajstić information content (AvgIpc) is 2.30. The lowest BCUT2D eigenvalue weighted by molar-refractivity contribution is -0.145. The summed E-state index contributed by atoms with van der Waals surface area (Å²) in [5.74, 6) is -0.607. The highest BCUT2D eigenvalue weighted by molar-refractivity contribution is 6.40. The van der Waals surface area contributed by atoms with Gasteiger partial charge in [0.2, 0.25) is 0 Å². The molecule has 2 atom stereocenters. The number of hydrogen-bond acceptors (Lipinski definition) is 4. The Labute approximate surface area is 91.1 Å². The largest absolute Gasteiger partial charge is 0.469 e. The molecule has 0 aromatic heterocycles. The van der Waals surface area contributed by atoms with Gasteiger partial charge in [-0.1, -0.05) is 23.2 Å². The minimum atomic E-state index is -1.59. The Morgan fingerprint density at radius 3 is 2.64 bits per heavy atom. The predicted molar refractivity (Wildman–Crippen MR) is 50.9 cm³/mol. The molecule has 0 fully saturated rings. The Kier molecular flexibility index (Phi) is 3.42. The molecule has 0 aliphatic heterocycles. The molecular formula is C8H10Cl2O4. The standard InChI is InChI=1S/C8H10Cl2O4/c1-14-5(12)3-8(13)2-4(11)6(9)7(8)10/h4,11,13H,2-3H2,1H3. The third-order valence-corrected chi connectivity index (χ3v) is 3.20. The first-order chi connectivity index (χ1) is 6.40. The van der Waals surface area contributed by atoms with Crippen LogP contribution in [0.15, 0.2) is 10.1 Å². The van der Waals surface area contributed by atoms with Crippen LogP contribution in [0.5, 0.6) is 0 Å². The number of esters is 1. The first kappa shape index (κ1) is 11.8. The zero-order valence-electron chi connectivity index (χ0n) is 7.46. The van der Waals surface area contributed by atoms with Crippen molar-refractivity contribution in [3.63, 3.8) is 0 Å². The highest BCUT2D eigenvalue weighted by Gasteiger charge is 2.44. The summed E-state index contributed by atoms with van der Waals surface area (Å²) in [4.78, 5) is 10.9. The number of ether oxygens (including phenoxy) is 1. The van der Waals surface area contributed by atoms with Crippen LogP contribution in [0.2, 0.25) is 0 Å². The van der Waals surface area contributed by atoms with Crippen LogP contribution in [0.3, 0.4) is 0 Å². The summed E-state index contributed by atoms with van der Waals surface area (Å²) in [6, 6.07) is 0. The zero-order valence-corrected chi connectivity index (χ0v) is 8.97. The number of carbonyl (C=O) groups excluding carboxylic acids is 1. The molecule has 4 nitrogen and oxygen atoms in total. The molecular weight excluding hydrogens is 231 g/mol. The van der Waals surface area contributed by atoms with E-state index >= 15 is 0 Å². The third kappa shape index (κ3) is 2.03. The minimum Gasteiger partial charge on any atom is -0.469 e. The summed E-state index contributed by atoms with van der Waals surface area (Å²) in [6.07, 6.45) is -1.41. The summed E-state index contributed by atoms with van der Waals surface area (Å²) in [7, 11) is 1.20. The Bertz CT molecular complexity index is 289. The van der Waals surface area contributed by atoms with E-state index in [1.807, 2.05) is 0 Å². The molecule has 1 rings (SSSR count). The second-order valence-electron chi connectivity index (χ2n) is 3.17. The highest BCUT2D eigenvalue weighted by Crippen LogP contribution is 2.42. The molecule has 0 radical (unpaired) electrons. The summed E-state index contributed by atoms with van der Waals surface area (Å²) in [6.45, 7) is 0. The van der Waals surface area contributed by atoms with Gasteiger partial charge in [0.05, 0.1) is 29.7 Å². The van der Waals surface area contributed by atoms with E-state index in [4.69, 9.17) is 23.2 Å². The van der Waals surface area contributed by atoms with Crippen molar-refractivity contribution < 1.29 is 19.7 Å². The number of methoxy groups -OCH3 is 1. The van der Waals surface area contributed by atoms with Crippen LogP contribution in [0.25, 0.3) is 0 Å². The van der Waals surface area contributed by atoms with Gasteiger partial charge in [-0.15, -0.1) is 0 Å². The Morgan fingerprint density at radius 1 is 1.71 bits per heavy atom. The minimum absolute atomic E-state index is 0.0157. The van der Waals surface area contributed by atoms with Crippen LogP contribution >= 0.6 is 23.2 Å². The van der Waals surface area contributed by atoms with Gasteiger partial charge in [0, 0.05) is 6.42 Å². The molecule has 6 heteroatoms. The van der Waals surface area contributed by atoms with Crippen molar-refractivity contribution in [1.29, 1.82) is 0 Å². The fraction of sp³-hybridized carbons (Fsp3) is 0.625. The molecule has 2 unspecified atom stereocenters. The van der Waals surface area contributed by atoms with Gasteiger partial charge in [-0.25, -0.2) is 0 Å². The molecule has 0 spiro atoms. The Hall–Kier alpha value is -0.290. The first-order valence-electron chi connectivity index (χ1n) is 3.93. The molecule has 1 aliphatic carbocycles. The van der Waals surface area contributed by atoms with E-state index in [0.29, 0.717) is 0 Å². The molecule has 0 heterocycles. The van der Waals surface area contributed by atoms with Gasteiger partial charge in [0.25, 0.3) is 0 Å². The highest BCUT2D eigenvalue weighted by atomic mass is 35.5. The van der Waals surface area contributed by atoms with Crippen molar-refractivity contribution >= 4 is 29.2 Å². The van der Waals surface area contributed by atoms with Gasteiger partial charge in [-0.05, 0) is 0 Å². The Balaban J connectivity index is 2.83. The lowest BCUT2D eigenvalue weighted by Crippen LogP contribution is -2.31. The number of aliphatic hydroxyl groups is 2. The van der Waals surface area contributed by atoms with E-state index in [1.54, 1.807) is 0 Å². The smallest absolute Gasteiger partial charge is 0.308 e. The van der Waals surface area contributed by atoms with Crippen LogP contribution in [0, 0.1) is 0 Å². The SMILES string of the molecule is COC(=O)CC1(O)CC(O)C(Cl)=C1Cl. The third-order valence-electron chi connectivity index (χ3n) is 2.11. The number of aliphatic hydroxyl groups excluding tert-OH is 1. The summed E-state index contributed by atoms with van der Waals surface area (Å²) in [5, 5.41) is 19.1. The second kappa shape index (κ2) is 4.06. The van der Waals surface area contributed by atoms with Gasteiger partial charge in [0.15, 0.2) is 0 Å². The molecule has 0 aromatic rings. The molecule has 0 saturated heterocycles. The lowest BCUT2D eigenvalue weighted by Gasteiger charge is -2.21. The van der Waals surface area contributed by atoms with Crippen LogP contribution in [-0.4, -0.2) is 35.0 Å². The van der Waals surface area contributed by atoms with Gasteiger partial charge in [-0.2, -0.15) is 0 Å². The molecule has 1 aliphatic rings. The number of carbonyl (C=O) groups is 1. The fourth-order valence-electron chi connectivity index (χ4n) is 1.33. The van der Waals surface area contributed by atoms with Crippen LogP contribution < -0.4 is 0 Å². The van der Waals surface area contributed by atoms with E-state index < -0.39 is 17.7 Å².